The van der Waals surface area contributed by atoms with Crippen LogP contribution in [0.5, 0.6) is 0 Å². The van der Waals surface area contributed by atoms with Gasteiger partial charge >= 0.3 is 0 Å². The number of hydrogen-bond donors (Lipinski definition) is 1. The molecule has 1 atom stereocenters. The van der Waals surface area contributed by atoms with Crippen LogP contribution in [-0.4, -0.2) is 16.6 Å². The van der Waals surface area contributed by atoms with Crippen molar-refractivity contribution in [2.24, 2.45) is 0 Å². The minimum atomic E-state index is -0.0654. The lowest BCUT2D eigenvalue weighted by Crippen LogP contribution is -2.09. The molecular weight excluding hydrogens is 246 g/mol. The summed E-state index contributed by atoms with van der Waals surface area (Å²) in [7, 11) is 0. The maximum Gasteiger partial charge on any atom is 0.161 e. The van der Waals surface area contributed by atoms with E-state index < -0.39 is 0 Å². The van der Waals surface area contributed by atoms with Gasteiger partial charge in [0.1, 0.15) is 16.8 Å². The third kappa shape index (κ3) is 2.20. The molecule has 0 aliphatic rings. The highest BCUT2D eigenvalue weighted by Crippen LogP contribution is 2.33. The number of aromatic nitrogens is 2. The standard InChI is InChI=1S/C13H19N3OS/c1-5-9(17-6-2)12-15-11(14)10-7(3)8(4)18-13(10)16-12/h9H,5-6H2,1-4H3,(H2,14,15,16). The van der Waals surface area contributed by atoms with E-state index in [1.54, 1.807) is 11.3 Å². The summed E-state index contributed by atoms with van der Waals surface area (Å²) in [4.78, 5) is 11.2. The normalized spacial score (nSPS) is 13.1. The van der Waals surface area contributed by atoms with Gasteiger partial charge in [0, 0.05) is 11.5 Å². The van der Waals surface area contributed by atoms with E-state index in [-0.39, 0.29) is 6.10 Å². The fourth-order valence-corrected chi connectivity index (χ4v) is 3.06. The predicted octanol–water partition coefficient (Wildman–Crippen LogP) is 3.38. The Labute approximate surface area is 111 Å². The molecule has 18 heavy (non-hydrogen) atoms. The highest BCUT2D eigenvalue weighted by atomic mass is 32.1. The van der Waals surface area contributed by atoms with Crippen molar-refractivity contribution in [1.82, 2.24) is 9.97 Å². The van der Waals surface area contributed by atoms with Crippen LogP contribution in [0.15, 0.2) is 0 Å². The minimum absolute atomic E-state index is 0.0654. The van der Waals surface area contributed by atoms with E-state index >= 15 is 0 Å². The SMILES string of the molecule is CCOC(CC)c1nc(N)c2c(C)c(C)sc2n1. The first kappa shape index (κ1) is 13.2. The fraction of sp³-hybridized carbons (Fsp3) is 0.538. The summed E-state index contributed by atoms with van der Waals surface area (Å²) in [5.41, 5.74) is 7.24. The molecule has 0 amide bonds. The molecule has 0 aliphatic carbocycles. The molecule has 0 saturated heterocycles. The predicted molar refractivity (Wildman–Crippen MR) is 76.0 cm³/mol. The Bertz CT molecular complexity index is 565. The van der Waals surface area contributed by atoms with E-state index in [1.165, 1.54) is 10.4 Å². The number of nitrogens with zero attached hydrogens (tertiary/aromatic N) is 2. The zero-order valence-corrected chi connectivity index (χ0v) is 12.1. The Kier molecular flexibility index (Phi) is 3.82. The van der Waals surface area contributed by atoms with Gasteiger partial charge in [-0.25, -0.2) is 9.97 Å². The Morgan fingerprint density at radius 2 is 2.00 bits per heavy atom. The van der Waals surface area contributed by atoms with Gasteiger partial charge in [0.25, 0.3) is 0 Å². The topological polar surface area (TPSA) is 61.0 Å². The lowest BCUT2D eigenvalue weighted by molar-refractivity contribution is 0.0539. The van der Waals surface area contributed by atoms with Gasteiger partial charge < -0.3 is 10.5 Å². The molecule has 0 bridgehead atoms. The summed E-state index contributed by atoms with van der Waals surface area (Å²) >= 11 is 1.67. The van der Waals surface area contributed by atoms with Crippen LogP contribution in [0.3, 0.4) is 0 Å². The van der Waals surface area contributed by atoms with Crippen molar-refractivity contribution in [3.8, 4) is 0 Å². The van der Waals surface area contributed by atoms with E-state index in [0.29, 0.717) is 18.2 Å². The lowest BCUT2D eigenvalue weighted by Gasteiger charge is -2.13. The van der Waals surface area contributed by atoms with Crippen LogP contribution in [0.2, 0.25) is 0 Å². The summed E-state index contributed by atoms with van der Waals surface area (Å²) in [5.74, 6) is 1.26. The Hall–Kier alpha value is -1.20. The van der Waals surface area contributed by atoms with Crippen molar-refractivity contribution >= 4 is 27.4 Å². The molecule has 0 fully saturated rings. The third-order valence-electron chi connectivity index (χ3n) is 3.10. The van der Waals surface area contributed by atoms with E-state index in [2.05, 4.69) is 30.7 Å². The monoisotopic (exact) mass is 265 g/mol. The third-order valence-corrected chi connectivity index (χ3v) is 4.20. The smallest absolute Gasteiger partial charge is 0.161 e. The molecule has 0 saturated carbocycles. The summed E-state index contributed by atoms with van der Waals surface area (Å²) in [6.45, 7) is 8.84. The largest absolute Gasteiger partial charge is 0.383 e. The van der Waals surface area contributed by atoms with E-state index in [9.17, 15) is 0 Å². The number of nitrogen functional groups attached to an aromatic ring is 1. The van der Waals surface area contributed by atoms with Crippen molar-refractivity contribution in [1.29, 1.82) is 0 Å². The molecule has 1 unspecified atom stereocenters. The fourth-order valence-electron chi connectivity index (χ4n) is 2.02. The summed E-state index contributed by atoms with van der Waals surface area (Å²) in [5, 5.41) is 0.993. The van der Waals surface area contributed by atoms with Gasteiger partial charge in [-0.3, -0.25) is 0 Å². The van der Waals surface area contributed by atoms with Gasteiger partial charge in [0.05, 0.1) is 5.39 Å². The molecule has 2 heterocycles. The van der Waals surface area contributed by atoms with Gasteiger partial charge in [0.15, 0.2) is 5.82 Å². The Morgan fingerprint density at radius 3 is 2.61 bits per heavy atom. The summed E-state index contributed by atoms with van der Waals surface area (Å²) < 4.78 is 5.64. The first-order valence-electron chi connectivity index (χ1n) is 6.23. The van der Waals surface area contributed by atoms with Gasteiger partial charge in [-0.15, -0.1) is 11.3 Å². The van der Waals surface area contributed by atoms with Gasteiger partial charge in [0.2, 0.25) is 0 Å². The number of anilines is 1. The Balaban J connectivity index is 2.55. The van der Waals surface area contributed by atoms with Crippen molar-refractivity contribution in [3.63, 3.8) is 0 Å². The molecular formula is C13H19N3OS. The molecule has 0 aromatic carbocycles. The molecule has 2 aromatic heterocycles. The molecule has 0 radical (unpaired) electrons. The van der Waals surface area contributed by atoms with Crippen molar-refractivity contribution in [2.45, 2.75) is 40.2 Å². The average molecular weight is 265 g/mol. The molecule has 98 valence electrons. The zero-order valence-electron chi connectivity index (χ0n) is 11.3. The summed E-state index contributed by atoms with van der Waals surface area (Å²) in [6, 6.07) is 0. The van der Waals surface area contributed by atoms with Crippen LogP contribution in [-0.2, 0) is 4.74 Å². The quantitative estimate of drug-likeness (QED) is 0.920. The second kappa shape index (κ2) is 5.20. The first-order valence-corrected chi connectivity index (χ1v) is 7.04. The summed E-state index contributed by atoms with van der Waals surface area (Å²) in [6.07, 6.45) is 0.784. The lowest BCUT2D eigenvalue weighted by atomic mass is 10.2. The van der Waals surface area contributed by atoms with E-state index in [1.807, 2.05) is 6.92 Å². The molecule has 5 heteroatoms. The van der Waals surface area contributed by atoms with Crippen LogP contribution < -0.4 is 5.73 Å². The van der Waals surface area contributed by atoms with Crippen LogP contribution in [0, 0.1) is 13.8 Å². The van der Waals surface area contributed by atoms with Crippen molar-refractivity contribution < 1.29 is 4.74 Å². The molecule has 2 aromatic rings. The molecule has 2 rings (SSSR count). The van der Waals surface area contributed by atoms with E-state index in [0.717, 1.165) is 16.6 Å². The highest BCUT2D eigenvalue weighted by Gasteiger charge is 2.17. The van der Waals surface area contributed by atoms with E-state index in [4.69, 9.17) is 10.5 Å². The molecule has 2 N–H and O–H groups in total. The number of nitrogens with two attached hydrogens (primary N) is 1. The van der Waals surface area contributed by atoms with Gasteiger partial charge in [-0.05, 0) is 32.8 Å². The number of thiophene rings is 1. The molecule has 4 nitrogen and oxygen atoms in total. The first-order chi connectivity index (χ1) is 8.58. The molecule has 0 aliphatic heterocycles. The average Bonchev–Trinajstić information content (AvgIpc) is 2.62. The maximum atomic E-state index is 6.06. The Morgan fingerprint density at radius 1 is 1.28 bits per heavy atom. The van der Waals surface area contributed by atoms with Crippen molar-refractivity contribution in [2.75, 3.05) is 12.3 Å². The zero-order chi connectivity index (χ0) is 13.3. The second-order valence-electron chi connectivity index (χ2n) is 4.28. The minimum Gasteiger partial charge on any atom is -0.383 e. The second-order valence-corrected chi connectivity index (χ2v) is 5.49. The maximum absolute atomic E-state index is 6.06. The number of hydrogen-bond acceptors (Lipinski definition) is 5. The van der Waals surface area contributed by atoms with Gasteiger partial charge in [-0.2, -0.15) is 0 Å². The van der Waals surface area contributed by atoms with Crippen molar-refractivity contribution in [3.05, 3.63) is 16.3 Å². The number of rotatable bonds is 4. The molecule has 0 spiro atoms. The van der Waals surface area contributed by atoms with Crippen LogP contribution in [0.4, 0.5) is 5.82 Å². The van der Waals surface area contributed by atoms with Crippen LogP contribution >= 0.6 is 11.3 Å². The number of aryl methyl sites for hydroxylation is 2. The number of ether oxygens (including phenoxy) is 1. The van der Waals surface area contributed by atoms with Gasteiger partial charge in [-0.1, -0.05) is 6.92 Å². The number of fused-ring (bicyclic) bond motifs is 1. The van der Waals surface area contributed by atoms with Crippen LogP contribution in [0.25, 0.3) is 10.2 Å². The highest BCUT2D eigenvalue weighted by molar-refractivity contribution is 7.18. The van der Waals surface area contributed by atoms with Crippen LogP contribution in [0.1, 0.15) is 42.6 Å².